The Morgan fingerprint density at radius 1 is 0.514 bits per heavy atom. The SMILES string of the molecule is C.C1CCN(C2CCNCC2)C1.CC(=O)O[C@@]12COC1C[C@H](O)[C@@]1(C)[C@@H]3OC(C=O)O[C@@H]3C3=C(C)[C@@H](OC(=O)[C@H](O)[C@@H](NC(=O)OC(C)(C)C)c4ccccc4)C[C@@](O)([C@@H](OC(=O)c4ccccc4)[C@@H]12)C3(C)C.CC(=O)O[C@@]12COC1C[C@H](O)[C@@]1(C)[C@@H]3OC(CN4CCC(N5CCCC5)CC4)O[C@@H]3C3=C(C)[C@@H](OC(=O)[C@H](O)[C@@H](NC(=O)OC(C)(C)C)c4ccccc4)C[C@@](O)([C@@H](OC(=O)c4ccccc4)[C@@H]12)C3(C)C.CO.[HH]. The third kappa shape index (κ3) is 21.8. The number of alkyl carbamates (subject to hydrolysis) is 2. The largest absolute Gasteiger partial charge is 0.456 e. The lowest BCUT2D eigenvalue weighted by Gasteiger charge is -2.68. The molecule has 4 aromatic rings. The number of nitrogens with zero attached hydrogens (tertiary/aromatic N) is 3. The summed E-state index contributed by atoms with van der Waals surface area (Å²) in [6.07, 6.45) is -12.9. The molecule has 146 heavy (non-hydrogen) atoms. The first-order valence-electron chi connectivity index (χ1n) is 51.3. The number of nitrogens with one attached hydrogen (secondary N) is 3. The summed E-state index contributed by atoms with van der Waals surface area (Å²) in [7, 11) is 1.00. The number of piperidine rings is 2. The molecule has 4 unspecified atom stereocenters. The third-order valence-electron chi connectivity index (χ3n) is 33.3. The van der Waals surface area contributed by atoms with Crippen molar-refractivity contribution in [2.75, 3.05) is 79.2 Å². The molecule has 4 bridgehead atoms. The number of amides is 2. The summed E-state index contributed by atoms with van der Waals surface area (Å²) in [6, 6.07) is 31.8. The van der Waals surface area contributed by atoms with Crippen LogP contribution in [0.3, 0.4) is 0 Å². The van der Waals surface area contributed by atoms with Crippen molar-refractivity contribution in [2.24, 2.45) is 33.5 Å². The zero-order valence-electron chi connectivity index (χ0n) is 86.5. The van der Waals surface area contributed by atoms with Crippen LogP contribution >= 0.6 is 0 Å². The van der Waals surface area contributed by atoms with Crippen LogP contribution in [0.15, 0.2) is 144 Å². The highest BCUT2D eigenvalue weighted by Crippen LogP contribution is 2.70. The van der Waals surface area contributed by atoms with Crippen LogP contribution in [-0.4, -0.2) is 328 Å². The van der Waals surface area contributed by atoms with E-state index in [4.69, 9.17) is 71.4 Å². The lowest BCUT2D eigenvalue weighted by Crippen LogP contribution is -2.82. The van der Waals surface area contributed by atoms with Gasteiger partial charge in [0.25, 0.3) is 0 Å². The molecule has 14 aliphatic rings. The van der Waals surface area contributed by atoms with Crippen molar-refractivity contribution in [2.45, 2.75) is 351 Å². The molecule has 36 heteroatoms. The molecule has 806 valence electrons. The summed E-state index contributed by atoms with van der Waals surface area (Å²) in [6.45, 7) is 35.7. The second-order valence-corrected chi connectivity index (χ2v) is 44.9. The topological polar surface area (TPSA) is 470 Å². The zero-order valence-corrected chi connectivity index (χ0v) is 86.5. The summed E-state index contributed by atoms with van der Waals surface area (Å²) in [5, 5.41) is 92.1. The number of rotatable bonds is 21. The van der Waals surface area contributed by atoms with Crippen LogP contribution in [0, 0.1) is 33.5 Å². The number of aldehydes is 1. The van der Waals surface area contributed by atoms with Crippen molar-refractivity contribution in [1.29, 1.82) is 0 Å². The normalized spacial score (nSPS) is 34.7. The maximum absolute atomic E-state index is 14.6. The van der Waals surface area contributed by atoms with E-state index in [1.165, 1.54) is 90.7 Å². The fourth-order valence-corrected chi connectivity index (χ4v) is 26.1. The molecule has 0 aromatic heterocycles. The van der Waals surface area contributed by atoms with Gasteiger partial charge in [-0.3, -0.25) is 19.3 Å². The predicted molar refractivity (Wildman–Crippen MR) is 532 cm³/mol. The third-order valence-corrected chi connectivity index (χ3v) is 33.3. The molecule has 8 aliphatic heterocycles. The monoisotopic (exact) mass is 2040 g/mol. The summed E-state index contributed by atoms with van der Waals surface area (Å²) in [5.74, 6) is -7.78. The van der Waals surface area contributed by atoms with Crippen LogP contribution in [-0.2, 0) is 90.3 Å². The number of fused-ring (bicyclic) bond motifs is 16. The van der Waals surface area contributed by atoms with E-state index in [1.807, 2.05) is 20.8 Å². The average Bonchev–Trinajstić information content (AvgIpc) is 1.66. The molecule has 36 nitrogen and oxygen atoms in total. The first-order valence-corrected chi connectivity index (χ1v) is 51.3. The predicted octanol–water partition coefficient (Wildman–Crippen LogP) is 9.96. The average molecular weight is 2040 g/mol. The van der Waals surface area contributed by atoms with Crippen molar-refractivity contribution in [3.63, 3.8) is 0 Å². The van der Waals surface area contributed by atoms with Gasteiger partial charge in [0.1, 0.15) is 71.2 Å². The summed E-state index contributed by atoms with van der Waals surface area (Å²) >= 11 is 0. The molecular formula is C110H156N6O30. The van der Waals surface area contributed by atoms with E-state index in [-0.39, 0.29) is 52.5 Å². The van der Waals surface area contributed by atoms with Crippen LogP contribution in [0.5, 0.6) is 0 Å². The minimum Gasteiger partial charge on any atom is -0.456 e. The van der Waals surface area contributed by atoms with Gasteiger partial charge in [-0.1, -0.05) is 146 Å². The Labute approximate surface area is 857 Å². The maximum atomic E-state index is 14.6. The van der Waals surface area contributed by atoms with Crippen molar-refractivity contribution in [1.82, 2.24) is 30.7 Å². The molecule has 18 rings (SSSR count). The van der Waals surface area contributed by atoms with Crippen molar-refractivity contribution in [3.8, 4) is 0 Å². The minimum absolute atomic E-state index is 0. The number of likely N-dealkylation sites (tertiary alicyclic amines) is 3. The van der Waals surface area contributed by atoms with Gasteiger partial charge in [-0.2, -0.15) is 0 Å². The number of ether oxygens (including phenoxy) is 14. The molecule has 4 aromatic carbocycles. The number of carbonyl (C=O) groups excluding carboxylic acids is 9. The van der Waals surface area contributed by atoms with Gasteiger partial charge in [0, 0.05) is 88.4 Å². The molecule has 10 N–H and O–H groups in total. The Bertz CT molecular complexity index is 5320. The molecule has 4 saturated carbocycles. The first kappa shape index (κ1) is 112. The summed E-state index contributed by atoms with van der Waals surface area (Å²) in [4.78, 5) is 131. The molecule has 2 amide bonds. The fourth-order valence-electron chi connectivity index (χ4n) is 26.1. The van der Waals surface area contributed by atoms with E-state index >= 15 is 0 Å². The van der Waals surface area contributed by atoms with Gasteiger partial charge in [-0.05, 0) is 217 Å². The Kier molecular flexibility index (Phi) is 34.4. The van der Waals surface area contributed by atoms with Gasteiger partial charge in [0.15, 0.2) is 36.0 Å². The Hall–Kier alpha value is -9.29. The van der Waals surface area contributed by atoms with E-state index in [9.17, 15) is 73.8 Å². The van der Waals surface area contributed by atoms with Gasteiger partial charge in [0.2, 0.25) is 6.29 Å². The lowest BCUT2D eigenvalue weighted by atomic mass is 9.44. The second kappa shape index (κ2) is 44.7. The minimum atomic E-state index is -2.25. The van der Waals surface area contributed by atoms with Crippen molar-refractivity contribution in [3.05, 3.63) is 166 Å². The highest BCUT2D eigenvalue weighted by atomic mass is 16.7. The number of hydrogen-bond donors (Lipinski definition) is 10. The van der Waals surface area contributed by atoms with Gasteiger partial charge in [0.05, 0.1) is 72.7 Å². The van der Waals surface area contributed by atoms with Crippen LogP contribution in [0.1, 0.15) is 241 Å². The van der Waals surface area contributed by atoms with Gasteiger partial charge in [-0.25, -0.2) is 28.8 Å². The molecule has 12 fully saturated rings. The first-order chi connectivity index (χ1) is 68.6. The van der Waals surface area contributed by atoms with Crippen LogP contribution in [0.25, 0.3) is 0 Å². The smallest absolute Gasteiger partial charge is 0.408 e. The van der Waals surface area contributed by atoms with Crippen LogP contribution in [0.4, 0.5) is 9.59 Å². The summed E-state index contributed by atoms with van der Waals surface area (Å²) in [5.41, 5.74) is -12.5. The van der Waals surface area contributed by atoms with Gasteiger partial charge < -0.3 is 128 Å². The summed E-state index contributed by atoms with van der Waals surface area (Å²) < 4.78 is 88.4. The number of hydrogen-bond acceptors (Lipinski definition) is 34. The van der Waals surface area contributed by atoms with E-state index < -0.39 is 232 Å². The molecule has 0 spiro atoms. The standard InChI is InChI=1S/C54H73N3O14.C45H55NO15.C9H18N2.CH4O.CH4.H2/c1-31-36(66-48(62)42(60)41(33-17-11-9-12-18-33)55-49(63)71-50(3,4)5)28-54(64)46(69-47(61)34-19-13-10-14-20-34)44-52(8,37(59)27-38-53(44,30-65-38)70-32(2)58)45-43(40(31)51(54,6)7)67-39(68-45)29-56-25-21-35(22-26-56)57-23-15-16-24-57;1-23-27(56-39(52)33(50)32(25-15-11-9-12-16-25)46-40(53)61-41(3,4)5)20-45(54)37(59-38(51)26-17-13-10-14-18-26)35-43(8,28(49)19-29-44(35,22-55-29)60-24(2)48)36-34(31(23)42(45,6)7)57-30(21-47)58-36;1-2-8-11(7-1)9-3-5-10-6-4-9;1-2;;/h9-14,17-20,35-39,41-46,59-60,64H,15-16,21-30H2,1-8H3,(H,55,63);9-18,21,27-30,32-37,49-50,54H,19-20,22H2,1-8H3,(H,46,53);9-10H,1-8H2;2H,1H3;1H4;1H/t36-,37-,38?,39?,41-,42+,43+,44-,45+,46-,52+,53-,54+;27-,28-,29?,30?,32-,33+,34+,35-,36+,37-,43+,44-,45+;;;;/m00..../s1. The Balaban J connectivity index is 0.000000217. The lowest BCUT2D eigenvalue weighted by molar-refractivity contribution is -0.362. The fraction of sp³-hybridized carbons (Fsp3) is 0.664. The van der Waals surface area contributed by atoms with Crippen LogP contribution in [0.2, 0.25) is 0 Å². The highest BCUT2D eigenvalue weighted by Gasteiger charge is 2.82. The number of aliphatic hydroxyl groups is 7. The Morgan fingerprint density at radius 2 is 0.877 bits per heavy atom. The van der Waals surface area contributed by atoms with Crippen molar-refractivity contribution >= 4 is 54.3 Å². The zero-order chi connectivity index (χ0) is 105. The molecule has 8 saturated heterocycles. The van der Waals surface area contributed by atoms with E-state index in [0.717, 1.165) is 52.2 Å². The molecule has 8 heterocycles. The Morgan fingerprint density at radius 3 is 1.23 bits per heavy atom. The number of aliphatic hydroxyl groups excluding tert-OH is 5. The van der Waals surface area contributed by atoms with Crippen molar-refractivity contribution < 1.29 is 147 Å². The second-order valence-electron chi connectivity index (χ2n) is 44.9. The number of carbonyl (C=O) groups is 9. The van der Waals surface area contributed by atoms with Crippen LogP contribution < -0.4 is 16.0 Å². The van der Waals surface area contributed by atoms with E-state index in [0.29, 0.717) is 52.3 Å². The van der Waals surface area contributed by atoms with Gasteiger partial charge in [-0.15, -0.1) is 0 Å². The molecule has 26 atom stereocenters. The number of benzene rings is 4. The maximum Gasteiger partial charge on any atom is 0.408 e. The number of esters is 6. The molecule has 6 aliphatic carbocycles. The molecular weight excluding hydrogens is 1890 g/mol. The van der Waals surface area contributed by atoms with E-state index in [1.54, 1.807) is 185 Å². The van der Waals surface area contributed by atoms with Gasteiger partial charge >= 0.3 is 48.0 Å². The molecule has 0 radical (unpaired) electrons. The van der Waals surface area contributed by atoms with E-state index in [2.05, 4.69) is 30.7 Å². The highest BCUT2D eigenvalue weighted by molar-refractivity contribution is 5.90. The quantitative estimate of drug-likeness (QED) is 0.0160.